The third kappa shape index (κ3) is 2.45. The van der Waals surface area contributed by atoms with Gasteiger partial charge in [-0.25, -0.2) is 0 Å². The van der Waals surface area contributed by atoms with Crippen LogP contribution in [0, 0.1) is 5.92 Å². The molecule has 2 aromatic rings. The van der Waals surface area contributed by atoms with Gasteiger partial charge in [0.1, 0.15) is 11.8 Å². The molecule has 0 saturated heterocycles. The van der Waals surface area contributed by atoms with Crippen molar-refractivity contribution in [3.05, 3.63) is 30.4 Å². The number of rotatable bonds is 4. The molecule has 0 spiro atoms. The Morgan fingerprint density at radius 2 is 2.17 bits per heavy atom. The summed E-state index contributed by atoms with van der Waals surface area (Å²) < 4.78 is 10.1. The van der Waals surface area contributed by atoms with Gasteiger partial charge >= 0.3 is 0 Å². The van der Waals surface area contributed by atoms with E-state index in [1.54, 1.807) is 6.07 Å². The van der Waals surface area contributed by atoms with Crippen LogP contribution in [0.15, 0.2) is 33.7 Å². The summed E-state index contributed by atoms with van der Waals surface area (Å²) in [4.78, 5) is 12.1. The van der Waals surface area contributed by atoms with Gasteiger partial charge in [0.2, 0.25) is 0 Å². The first-order chi connectivity index (χ1) is 8.59. The smallest absolute Gasteiger partial charge is 0.257 e. The van der Waals surface area contributed by atoms with E-state index in [1.807, 2.05) is 6.92 Å². The molecule has 0 radical (unpaired) electrons. The predicted octanol–water partition coefficient (Wildman–Crippen LogP) is 2.71. The summed E-state index contributed by atoms with van der Waals surface area (Å²) in [5, 5.41) is 6.59. The minimum Gasteiger partial charge on any atom is -0.472 e. The van der Waals surface area contributed by atoms with Crippen molar-refractivity contribution in [3.8, 4) is 11.3 Å². The average Bonchev–Trinajstić information content (AvgIpc) is 2.99. The molecular weight excluding hydrogens is 232 g/mol. The Morgan fingerprint density at radius 1 is 1.39 bits per heavy atom. The summed E-state index contributed by atoms with van der Waals surface area (Å²) in [6.45, 7) is 6.07. The minimum atomic E-state index is -0.186. The van der Waals surface area contributed by atoms with Crippen molar-refractivity contribution in [2.75, 3.05) is 0 Å². The molecule has 0 saturated carbocycles. The number of hydrogen-bond acceptors (Lipinski definition) is 4. The molecule has 5 nitrogen and oxygen atoms in total. The van der Waals surface area contributed by atoms with Crippen LogP contribution in [-0.4, -0.2) is 17.1 Å². The molecule has 2 rings (SSSR count). The molecule has 0 aromatic carbocycles. The lowest BCUT2D eigenvalue weighted by atomic mass is 10.1. The van der Waals surface area contributed by atoms with Gasteiger partial charge in [-0.2, -0.15) is 0 Å². The fourth-order valence-corrected chi connectivity index (χ4v) is 1.45. The van der Waals surface area contributed by atoms with Gasteiger partial charge in [-0.1, -0.05) is 19.0 Å². The Morgan fingerprint density at radius 3 is 2.78 bits per heavy atom. The zero-order valence-electron chi connectivity index (χ0n) is 10.6. The van der Waals surface area contributed by atoms with Gasteiger partial charge in [0.05, 0.1) is 18.0 Å². The van der Waals surface area contributed by atoms with E-state index in [1.165, 1.54) is 18.7 Å². The van der Waals surface area contributed by atoms with Crippen LogP contribution in [0.3, 0.4) is 0 Å². The number of nitrogens with one attached hydrogen (secondary N) is 1. The van der Waals surface area contributed by atoms with Crippen LogP contribution >= 0.6 is 0 Å². The lowest BCUT2D eigenvalue weighted by molar-refractivity contribution is 0.0931. The topological polar surface area (TPSA) is 68.3 Å². The van der Waals surface area contributed by atoms with Crippen molar-refractivity contribution in [3.63, 3.8) is 0 Å². The Labute approximate surface area is 105 Å². The van der Waals surface area contributed by atoms with E-state index >= 15 is 0 Å². The summed E-state index contributed by atoms with van der Waals surface area (Å²) in [5.41, 5.74) is 1.12. The molecule has 1 atom stereocenters. The normalized spacial score (nSPS) is 12.7. The second-order valence-corrected chi connectivity index (χ2v) is 4.59. The van der Waals surface area contributed by atoms with Crippen molar-refractivity contribution in [2.45, 2.75) is 26.8 Å². The molecule has 1 N–H and O–H groups in total. The molecule has 0 aliphatic heterocycles. The largest absolute Gasteiger partial charge is 0.472 e. The highest BCUT2D eigenvalue weighted by atomic mass is 16.5. The summed E-state index contributed by atoms with van der Waals surface area (Å²) >= 11 is 0. The molecular formula is C13H16N2O3. The van der Waals surface area contributed by atoms with E-state index in [0.29, 0.717) is 22.8 Å². The fraction of sp³-hybridized carbons (Fsp3) is 0.385. The van der Waals surface area contributed by atoms with Gasteiger partial charge in [0.25, 0.3) is 5.91 Å². The summed E-state index contributed by atoms with van der Waals surface area (Å²) in [6.07, 6.45) is 4.46. The maximum atomic E-state index is 12.1. The number of aromatic nitrogens is 1. The van der Waals surface area contributed by atoms with Gasteiger partial charge < -0.3 is 14.3 Å². The molecule has 0 aliphatic rings. The molecule has 0 aliphatic carbocycles. The molecule has 0 fully saturated rings. The first-order valence-electron chi connectivity index (χ1n) is 5.87. The van der Waals surface area contributed by atoms with Gasteiger partial charge in [-0.05, 0) is 18.9 Å². The van der Waals surface area contributed by atoms with E-state index in [4.69, 9.17) is 8.94 Å². The van der Waals surface area contributed by atoms with Crippen LogP contribution in [0.25, 0.3) is 11.3 Å². The van der Waals surface area contributed by atoms with E-state index in [2.05, 4.69) is 24.3 Å². The summed E-state index contributed by atoms with van der Waals surface area (Å²) in [6, 6.07) is 1.81. The lowest BCUT2D eigenvalue weighted by Gasteiger charge is -2.16. The molecule has 96 valence electrons. The third-order valence-electron chi connectivity index (χ3n) is 2.96. The molecule has 2 heterocycles. The summed E-state index contributed by atoms with van der Waals surface area (Å²) in [7, 11) is 0. The van der Waals surface area contributed by atoms with E-state index < -0.39 is 0 Å². The quantitative estimate of drug-likeness (QED) is 0.903. The number of hydrogen-bond donors (Lipinski definition) is 1. The maximum Gasteiger partial charge on any atom is 0.257 e. The Bertz CT molecular complexity index is 514. The average molecular weight is 248 g/mol. The minimum absolute atomic E-state index is 0.0876. The SMILES string of the molecule is CC(C)C(C)NC(=O)c1cnoc1-c1ccoc1. The van der Waals surface area contributed by atoms with Gasteiger partial charge in [-0.15, -0.1) is 0 Å². The highest BCUT2D eigenvalue weighted by Gasteiger charge is 2.20. The van der Waals surface area contributed by atoms with Crippen LogP contribution in [0.1, 0.15) is 31.1 Å². The Kier molecular flexibility index (Phi) is 3.50. The van der Waals surface area contributed by atoms with Crippen molar-refractivity contribution in [2.24, 2.45) is 5.92 Å². The lowest BCUT2D eigenvalue weighted by Crippen LogP contribution is -2.36. The third-order valence-corrected chi connectivity index (χ3v) is 2.96. The standard InChI is InChI=1S/C13H16N2O3/c1-8(2)9(3)15-13(16)11-6-14-18-12(11)10-4-5-17-7-10/h4-9H,1-3H3,(H,15,16). The maximum absolute atomic E-state index is 12.1. The first kappa shape index (κ1) is 12.4. The Balaban J connectivity index is 2.19. The number of furan rings is 1. The zero-order valence-corrected chi connectivity index (χ0v) is 10.6. The molecule has 18 heavy (non-hydrogen) atoms. The molecule has 2 aromatic heterocycles. The molecule has 5 heteroatoms. The molecule has 0 bridgehead atoms. The molecule has 1 amide bonds. The van der Waals surface area contributed by atoms with Crippen LogP contribution in [-0.2, 0) is 0 Å². The highest BCUT2D eigenvalue weighted by molar-refractivity contribution is 5.99. The van der Waals surface area contributed by atoms with E-state index in [0.717, 1.165) is 0 Å². The number of nitrogens with zero attached hydrogens (tertiary/aromatic N) is 1. The van der Waals surface area contributed by atoms with Crippen molar-refractivity contribution in [1.82, 2.24) is 10.5 Å². The van der Waals surface area contributed by atoms with Crippen molar-refractivity contribution in [1.29, 1.82) is 0 Å². The molecule has 1 unspecified atom stereocenters. The monoisotopic (exact) mass is 248 g/mol. The van der Waals surface area contributed by atoms with Crippen LogP contribution < -0.4 is 5.32 Å². The second-order valence-electron chi connectivity index (χ2n) is 4.59. The predicted molar refractivity (Wildman–Crippen MR) is 66.0 cm³/mol. The van der Waals surface area contributed by atoms with Gasteiger partial charge in [0.15, 0.2) is 5.76 Å². The van der Waals surface area contributed by atoms with Crippen LogP contribution in [0.2, 0.25) is 0 Å². The van der Waals surface area contributed by atoms with E-state index in [-0.39, 0.29) is 11.9 Å². The fourth-order valence-electron chi connectivity index (χ4n) is 1.45. The first-order valence-corrected chi connectivity index (χ1v) is 5.87. The van der Waals surface area contributed by atoms with Crippen molar-refractivity contribution >= 4 is 5.91 Å². The van der Waals surface area contributed by atoms with Crippen molar-refractivity contribution < 1.29 is 13.7 Å². The Hall–Kier alpha value is -2.04. The van der Waals surface area contributed by atoms with Crippen LogP contribution in [0.4, 0.5) is 0 Å². The summed E-state index contributed by atoms with van der Waals surface area (Å²) in [5.74, 6) is 0.608. The number of carbonyl (C=O) groups excluding carboxylic acids is 1. The highest BCUT2D eigenvalue weighted by Crippen LogP contribution is 2.23. The van der Waals surface area contributed by atoms with Crippen LogP contribution in [0.5, 0.6) is 0 Å². The number of carbonyl (C=O) groups is 1. The van der Waals surface area contributed by atoms with E-state index in [9.17, 15) is 4.79 Å². The number of amides is 1. The second kappa shape index (κ2) is 5.08. The zero-order chi connectivity index (χ0) is 13.1. The van der Waals surface area contributed by atoms with Gasteiger partial charge in [0, 0.05) is 6.04 Å². The van der Waals surface area contributed by atoms with Gasteiger partial charge in [-0.3, -0.25) is 4.79 Å².